The zero-order chi connectivity index (χ0) is 33.7. The van der Waals surface area contributed by atoms with Crippen LogP contribution in [0.1, 0.15) is 37.8 Å². The summed E-state index contributed by atoms with van der Waals surface area (Å²) in [6.45, 7) is -3.92. The number of alkyl halides is 7. The number of nitrogens with one attached hydrogen (secondary N) is 2. The zero-order valence-corrected chi connectivity index (χ0v) is 24.5. The Kier molecular flexibility index (Phi) is 10.00. The Labute approximate surface area is 262 Å². The van der Waals surface area contributed by atoms with E-state index in [-0.39, 0.29) is 28.5 Å². The minimum absolute atomic E-state index is 0.172. The molecule has 1 fully saturated rings. The molecule has 0 spiro atoms. The van der Waals surface area contributed by atoms with E-state index < -0.39 is 54.7 Å². The highest BCUT2D eigenvalue weighted by Crippen LogP contribution is 2.36. The van der Waals surface area contributed by atoms with Crippen LogP contribution < -0.4 is 20.3 Å². The molecule has 47 heavy (non-hydrogen) atoms. The summed E-state index contributed by atoms with van der Waals surface area (Å²) in [6.07, 6.45) is -0.182. The van der Waals surface area contributed by atoms with Crippen LogP contribution in [-0.2, 0) is 6.18 Å². The number of carbonyl (C=O) groups excluding carboxylic acids is 1. The Morgan fingerprint density at radius 3 is 2.26 bits per heavy atom. The maximum Gasteiger partial charge on any atom is 0.420 e. The van der Waals surface area contributed by atoms with Crippen LogP contribution >= 0.6 is 0 Å². The lowest BCUT2D eigenvalue weighted by atomic mass is 9.90. The summed E-state index contributed by atoms with van der Waals surface area (Å²) in [5.41, 5.74) is -1.05. The summed E-state index contributed by atoms with van der Waals surface area (Å²) in [7, 11) is 1.43. The minimum Gasteiger partial charge on any atom is -0.467 e. The van der Waals surface area contributed by atoms with Gasteiger partial charge in [0.1, 0.15) is 22.8 Å². The molecule has 0 aliphatic heterocycles. The summed E-state index contributed by atoms with van der Waals surface area (Å²) in [4.78, 5) is 34.6. The molecule has 4 aromatic rings. The van der Waals surface area contributed by atoms with Gasteiger partial charge in [-0.15, -0.1) is 0 Å². The first kappa shape index (κ1) is 33.3. The normalized spacial score (nSPS) is 16.7. The monoisotopic (exact) mass is 668 g/mol. The number of nitrogens with zero attached hydrogens (tertiary/aromatic N) is 8. The van der Waals surface area contributed by atoms with Crippen molar-refractivity contribution in [2.75, 3.05) is 23.9 Å². The van der Waals surface area contributed by atoms with E-state index in [1.165, 1.54) is 30.6 Å². The number of hydrogen-bond acceptors (Lipinski definition) is 9. The maximum absolute atomic E-state index is 13.7. The van der Waals surface area contributed by atoms with E-state index >= 15 is 0 Å². The average molecular weight is 669 g/mol. The van der Waals surface area contributed by atoms with Crippen LogP contribution in [0, 0.1) is 0 Å². The molecule has 4 heterocycles. The van der Waals surface area contributed by atoms with E-state index in [0.29, 0.717) is 43.0 Å². The molecular formula is C28H27F7N10O2. The maximum atomic E-state index is 13.7. The second-order valence-corrected chi connectivity index (χ2v) is 10.4. The van der Waals surface area contributed by atoms with Crippen molar-refractivity contribution in [2.45, 2.75) is 56.9 Å². The molecule has 2 N–H and O–H groups in total. The number of urea groups is 1. The molecule has 12 nitrogen and oxygen atoms in total. The molecule has 0 bridgehead atoms. The second-order valence-electron chi connectivity index (χ2n) is 10.4. The summed E-state index contributed by atoms with van der Waals surface area (Å²) < 4.78 is 98.1. The third kappa shape index (κ3) is 8.01. The number of rotatable bonds is 10. The SMILES string of the molecule is COc1ncc(-c2ccc(N(C(=O)NCC(F)F)[C@H]3CC[C@H](Nc4ncc(C(F)(F)F)c(-c5ccn(C(F)F)n5)n4)CC3)nc2)cn1. The third-order valence-corrected chi connectivity index (χ3v) is 7.31. The molecule has 250 valence electrons. The van der Waals surface area contributed by atoms with Crippen molar-refractivity contribution in [3.63, 3.8) is 0 Å². The summed E-state index contributed by atoms with van der Waals surface area (Å²) >= 11 is 0. The van der Waals surface area contributed by atoms with Gasteiger partial charge in [-0.05, 0) is 43.9 Å². The van der Waals surface area contributed by atoms with E-state index in [1.54, 1.807) is 12.1 Å². The van der Waals surface area contributed by atoms with Crippen LogP contribution in [0.25, 0.3) is 22.5 Å². The number of aromatic nitrogens is 7. The first-order valence-electron chi connectivity index (χ1n) is 14.1. The van der Waals surface area contributed by atoms with Crippen LogP contribution in [0.2, 0.25) is 0 Å². The molecule has 1 aliphatic rings. The van der Waals surface area contributed by atoms with Gasteiger partial charge in [-0.2, -0.15) is 27.1 Å². The molecule has 0 saturated heterocycles. The Bertz CT molecular complexity index is 1640. The highest BCUT2D eigenvalue weighted by atomic mass is 19.4. The van der Waals surface area contributed by atoms with Crippen molar-refractivity contribution in [1.29, 1.82) is 0 Å². The van der Waals surface area contributed by atoms with Gasteiger partial charge < -0.3 is 15.4 Å². The second kappa shape index (κ2) is 14.1. The summed E-state index contributed by atoms with van der Waals surface area (Å²) in [5, 5.41) is 8.70. The number of methoxy groups -OCH3 is 1. The van der Waals surface area contributed by atoms with E-state index in [4.69, 9.17) is 4.74 Å². The van der Waals surface area contributed by atoms with Gasteiger partial charge in [0.25, 0.3) is 6.43 Å². The lowest BCUT2D eigenvalue weighted by molar-refractivity contribution is -0.137. The van der Waals surface area contributed by atoms with Crippen LogP contribution in [-0.4, -0.2) is 72.9 Å². The molecule has 0 aromatic carbocycles. The first-order valence-corrected chi connectivity index (χ1v) is 14.1. The molecule has 0 unspecified atom stereocenters. The summed E-state index contributed by atoms with van der Waals surface area (Å²) in [6, 6.07) is 2.85. The lowest BCUT2D eigenvalue weighted by Crippen LogP contribution is -2.50. The number of carbonyl (C=O) groups is 1. The first-order chi connectivity index (χ1) is 22.4. The quantitative estimate of drug-likeness (QED) is 0.201. The van der Waals surface area contributed by atoms with Gasteiger partial charge in [0, 0.05) is 54.2 Å². The smallest absolute Gasteiger partial charge is 0.420 e. The van der Waals surface area contributed by atoms with E-state index in [2.05, 4.69) is 40.7 Å². The summed E-state index contributed by atoms with van der Waals surface area (Å²) in [5.74, 6) is 0.0413. The van der Waals surface area contributed by atoms with Gasteiger partial charge in [-0.25, -0.2) is 43.2 Å². The number of pyridine rings is 1. The predicted octanol–water partition coefficient (Wildman–Crippen LogP) is 5.82. The Morgan fingerprint density at radius 1 is 0.979 bits per heavy atom. The number of ether oxygens (including phenoxy) is 1. The van der Waals surface area contributed by atoms with Gasteiger partial charge in [0.05, 0.1) is 13.7 Å². The molecule has 19 heteroatoms. The van der Waals surface area contributed by atoms with Crippen molar-refractivity contribution < 1.29 is 40.3 Å². The molecule has 2 amide bonds. The Hall–Kier alpha value is -5.10. The molecule has 5 rings (SSSR count). The van der Waals surface area contributed by atoms with Crippen LogP contribution in [0.4, 0.5) is 47.3 Å². The van der Waals surface area contributed by atoms with Crippen LogP contribution in [0.3, 0.4) is 0 Å². The Morgan fingerprint density at radius 2 is 1.68 bits per heavy atom. The zero-order valence-electron chi connectivity index (χ0n) is 24.5. The molecular weight excluding hydrogens is 641 g/mol. The molecule has 1 saturated carbocycles. The standard InChI is InChI=1S/C28H27F7N10O2/c1-47-26-38-11-16(12-39-26)15-2-7-22(36-10-15)45(27(46)40-14-21(29)30)18-5-3-17(4-6-18)41-25-37-13-19(28(33,34)35)23(42-25)20-8-9-44(43-20)24(31)32/h2,7-13,17-18,21,24H,3-6,14H2,1H3,(H,40,46)(H,37,41,42)/t17-,18-. The number of halogens is 7. The lowest BCUT2D eigenvalue weighted by Gasteiger charge is -2.36. The van der Waals surface area contributed by atoms with Crippen molar-refractivity contribution in [3.8, 4) is 28.5 Å². The van der Waals surface area contributed by atoms with Crippen molar-refractivity contribution in [1.82, 2.24) is 40.0 Å². The van der Waals surface area contributed by atoms with Crippen molar-refractivity contribution in [2.24, 2.45) is 0 Å². The highest BCUT2D eigenvalue weighted by Gasteiger charge is 2.37. The van der Waals surface area contributed by atoms with Gasteiger partial charge in [0.15, 0.2) is 0 Å². The number of anilines is 2. The molecule has 0 radical (unpaired) electrons. The third-order valence-electron chi connectivity index (χ3n) is 7.31. The van der Waals surface area contributed by atoms with Crippen LogP contribution in [0.15, 0.2) is 49.2 Å². The van der Waals surface area contributed by atoms with E-state index in [9.17, 15) is 35.5 Å². The van der Waals surface area contributed by atoms with Gasteiger partial charge >= 0.3 is 24.8 Å². The largest absolute Gasteiger partial charge is 0.467 e. The predicted molar refractivity (Wildman–Crippen MR) is 153 cm³/mol. The Balaban J connectivity index is 1.31. The number of hydrogen-bond donors (Lipinski definition) is 2. The molecule has 4 aromatic heterocycles. The van der Waals surface area contributed by atoms with Gasteiger partial charge in [0.2, 0.25) is 5.95 Å². The van der Waals surface area contributed by atoms with Crippen LogP contribution in [0.5, 0.6) is 6.01 Å². The fourth-order valence-corrected chi connectivity index (χ4v) is 5.06. The van der Waals surface area contributed by atoms with Gasteiger partial charge in [-0.3, -0.25) is 4.90 Å². The van der Waals surface area contributed by atoms with E-state index in [0.717, 1.165) is 12.3 Å². The minimum atomic E-state index is -4.87. The highest BCUT2D eigenvalue weighted by molar-refractivity contribution is 5.91. The van der Waals surface area contributed by atoms with Gasteiger partial charge in [-0.1, -0.05) is 0 Å². The fraction of sp³-hybridized carbons (Fsp3) is 0.393. The average Bonchev–Trinajstić information content (AvgIpc) is 3.56. The van der Waals surface area contributed by atoms with Crippen molar-refractivity contribution in [3.05, 3.63) is 54.7 Å². The molecule has 0 atom stereocenters. The van der Waals surface area contributed by atoms with Crippen molar-refractivity contribution >= 4 is 17.8 Å². The molecule has 1 aliphatic carbocycles. The number of amides is 2. The van der Waals surface area contributed by atoms with E-state index in [1.807, 2.05) is 0 Å². The fourth-order valence-electron chi connectivity index (χ4n) is 5.06. The topological polar surface area (TPSA) is 136 Å².